The maximum Gasteiger partial charge on any atom is 0.0884 e. The first-order valence-corrected chi connectivity index (χ1v) is 6.64. The molecule has 0 amide bonds. The van der Waals surface area contributed by atoms with Crippen molar-refractivity contribution in [1.29, 1.82) is 0 Å². The van der Waals surface area contributed by atoms with Gasteiger partial charge in [0, 0.05) is 18.7 Å². The molecular formula is C13H23N3. The topological polar surface area (TPSA) is 43.8 Å². The van der Waals surface area contributed by atoms with E-state index in [4.69, 9.17) is 5.73 Å². The predicted molar refractivity (Wildman–Crippen MR) is 67.4 cm³/mol. The van der Waals surface area contributed by atoms with Gasteiger partial charge >= 0.3 is 0 Å². The average molecular weight is 221 g/mol. The lowest BCUT2D eigenvalue weighted by Gasteiger charge is -2.20. The van der Waals surface area contributed by atoms with Crippen molar-refractivity contribution >= 4 is 5.69 Å². The molecule has 1 heterocycles. The molecule has 0 radical (unpaired) electrons. The van der Waals surface area contributed by atoms with Crippen LogP contribution in [0.4, 0.5) is 5.69 Å². The number of rotatable bonds is 4. The first-order chi connectivity index (χ1) is 7.81. The van der Waals surface area contributed by atoms with Gasteiger partial charge in [-0.3, -0.25) is 4.68 Å². The summed E-state index contributed by atoms with van der Waals surface area (Å²) in [6, 6.07) is 0. The van der Waals surface area contributed by atoms with Crippen LogP contribution in [0.5, 0.6) is 0 Å². The minimum absolute atomic E-state index is 0.622. The fourth-order valence-corrected chi connectivity index (χ4v) is 2.58. The molecule has 0 unspecified atom stereocenters. The van der Waals surface area contributed by atoms with E-state index in [1.54, 1.807) is 0 Å². The van der Waals surface area contributed by atoms with Crippen LogP contribution < -0.4 is 5.73 Å². The van der Waals surface area contributed by atoms with E-state index < -0.39 is 0 Å². The molecule has 0 aromatic carbocycles. The molecule has 0 bridgehead atoms. The summed E-state index contributed by atoms with van der Waals surface area (Å²) in [6.07, 6.45) is 11.0. The van der Waals surface area contributed by atoms with Crippen LogP contribution in [0.3, 0.4) is 0 Å². The van der Waals surface area contributed by atoms with Crippen LogP contribution in [0.15, 0.2) is 6.20 Å². The zero-order chi connectivity index (χ0) is 11.4. The van der Waals surface area contributed by atoms with Gasteiger partial charge in [-0.15, -0.1) is 0 Å². The Morgan fingerprint density at radius 2 is 2.12 bits per heavy atom. The third-order valence-corrected chi connectivity index (χ3v) is 3.55. The number of anilines is 1. The Hall–Kier alpha value is -0.990. The first-order valence-electron chi connectivity index (χ1n) is 6.64. The van der Waals surface area contributed by atoms with E-state index in [2.05, 4.69) is 12.0 Å². The average Bonchev–Trinajstić information content (AvgIpc) is 2.69. The maximum absolute atomic E-state index is 6.06. The molecule has 0 spiro atoms. The largest absolute Gasteiger partial charge is 0.396 e. The van der Waals surface area contributed by atoms with E-state index in [0.717, 1.165) is 17.9 Å². The van der Waals surface area contributed by atoms with Crippen LogP contribution >= 0.6 is 0 Å². The van der Waals surface area contributed by atoms with Gasteiger partial charge in [0.15, 0.2) is 0 Å². The minimum atomic E-state index is 0.622. The lowest BCUT2D eigenvalue weighted by atomic mass is 9.86. The molecule has 1 aliphatic rings. The SMILES string of the molecule is CCCCn1cc(N)c(C2CCCCC2)n1. The number of nitrogens with zero attached hydrogens (tertiary/aromatic N) is 2. The standard InChI is InChI=1S/C13H23N3/c1-2-3-9-16-10-12(14)13(15-16)11-7-5-4-6-8-11/h10-11H,2-9,14H2,1H3. The highest BCUT2D eigenvalue weighted by atomic mass is 15.3. The zero-order valence-corrected chi connectivity index (χ0v) is 10.3. The lowest BCUT2D eigenvalue weighted by molar-refractivity contribution is 0.431. The Morgan fingerprint density at radius 3 is 2.81 bits per heavy atom. The molecule has 1 fully saturated rings. The molecule has 3 nitrogen and oxygen atoms in total. The van der Waals surface area contributed by atoms with Gasteiger partial charge in [0.1, 0.15) is 0 Å². The number of hydrogen-bond acceptors (Lipinski definition) is 2. The molecule has 1 aromatic heterocycles. The highest BCUT2D eigenvalue weighted by molar-refractivity contribution is 5.42. The summed E-state index contributed by atoms with van der Waals surface area (Å²) in [7, 11) is 0. The number of nitrogen functional groups attached to an aromatic ring is 1. The second-order valence-corrected chi connectivity index (χ2v) is 4.92. The number of nitrogens with two attached hydrogens (primary N) is 1. The number of hydrogen-bond donors (Lipinski definition) is 1. The van der Waals surface area contributed by atoms with Crippen LogP contribution in [0, 0.1) is 0 Å². The summed E-state index contributed by atoms with van der Waals surface area (Å²) in [4.78, 5) is 0. The predicted octanol–water partition coefficient (Wildman–Crippen LogP) is 3.31. The van der Waals surface area contributed by atoms with Crippen molar-refractivity contribution in [3.8, 4) is 0 Å². The second-order valence-electron chi connectivity index (χ2n) is 4.92. The summed E-state index contributed by atoms with van der Waals surface area (Å²) < 4.78 is 2.03. The fraction of sp³-hybridized carbons (Fsp3) is 0.769. The molecule has 1 aliphatic carbocycles. The van der Waals surface area contributed by atoms with E-state index >= 15 is 0 Å². The van der Waals surface area contributed by atoms with Gasteiger partial charge in [0.25, 0.3) is 0 Å². The van der Waals surface area contributed by atoms with Crippen molar-refractivity contribution in [1.82, 2.24) is 9.78 Å². The minimum Gasteiger partial charge on any atom is -0.396 e. The summed E-state index contributed by atoms with van der Waals surface area (Å²) in [5, 5.41) is 4.66. The van der Waals surface area contributed by atoms with Gasteiger partial charge in [0.05, 0.1) is 11.4 Å². The summed E-state index contributed by atoms with van der Waals surface area (Å²) in [5.74, 6) is 0.622. The third-order valence-electron chi connectivity index (χ3n) is 3.55. The van der Waals surface area contributed by atoms with Gasteiger partial charge in [-0.05, 0) is 19.3 Å². The number of aromatic nitrogens is 2. The molecule has 1 aromatic rings. The summed E-state index contributed by atoms with van der Waals surface area (Å²) in [5.41, 5.74) is 8.13. The number of aryl methyl sites for hydroxylation is 1. The molecular weight excluding hydrogens is 198 g/mol. The highest BCUT2D eigenvalue weighted by Crippen LogP contribution is 2.34. The second kappa shape index (κ2) is 5.37. The Kier molecular flexibility index (Phi) is 3.86. The Balaban J connectivity index is 2.04. The molecule has 0 atom stereocenters. The Labute approximate surface area is 98.0 Å². The number of unbranched alkanes of at least 4 members (excludes halogenated alkanes) is 1. The van der Waals surface area contributed by atoms with Crippen molar-refractivity contribution in [3.63, 3.8) is 0 Å². The highest BCUT2D eigenvalue weighted by Gasteiger charge is 2.20. The molecule has 0 aliphatic heterocycles. The molecule has 2 N–H and O–H groups in total. The summed E-state index contributed by atoms with van der Waals surface area (Å²) in [6.45, 7) is 3.21. The van der Waals surface area contributed by atoms with Crippen LogP contribution in [-0.2, 0) is 6.54 Å². The Bertz CT molecular complexity index is 324. The van der Waals surface area contributed by atoms with Gasteiger partial charge in [0.2, 0.25) is 0 Å². The molecule has 90 valence electrons. The van der Waals surface area contributed by atoms with Crippen LogP contribution in [0.1, 0.15) is 63.5 Å². The molecule has 0 saturated heterocycles. The van der Waals surface area contributed by atoms with Crippen molar-refractivity contribution in [2.75, 3.05) is 5.73 Å². The molecule has 2 rings (SSSR count). The maximum atomic E-state index is 6.06. The van der Waals surface area contributed by atoms with Crippen LogP contribution in [0.2, 0.25) is 0 Å². The summed E-state index contributed by atoms with van der Waals surface area (Å²) >= 11 is 0. The van der Waals surface area contributed by atoms with Crippen molar-refractivity contribution < 1.29 is 0 Å². The van der Waals surface area contributed by atoms with E-state index in [1.165, 1.54) is 44.9 Å². The van der Waals surface area contributed by atoms with E-state index in [0.29, 0.717) is 5.92 Å². The van der Waals surface area contributed by atoms with Crippen molar-refractivity contribution in [2.24, 2.45) is 0 Å². The van der Waals surface area contributed by atoms with E-state index in [1.807, 2.05) is 10.9 Å². The molecule has 16 heavy (non-hydrogen) atoms. The monoisotopic (exact) mass is 221 g/mol. The molecule has 1 saturated carbocycles. The van der Waals surface area contributed by atoms with Crippen molar-refractivity contribution in [3.05, 3.63) is 11.9 Å². The van der Waals surface area contributed by atoms with Crippen molar-refractivity contribution in [2.45, 2.75) is 64.3 Å². The van der Waals surface area contributed by atoms with Crippen LogP contribution in [0.25, 0.3) is 0 Å². The quantitative estimate of drug-likeness (QED) is 0.847. The smallest absolute Gasteiger partial charge is 0.0884 e. The van der Waals surface area contributed by atoms with Gasteiger partial charge in [-0.1, -0.05) is 32.6 Å². The molecule has 3 heteroatoms. The zero-order valence-electron chi connectivity index (χ0n) is 10.3. The van der Waals surface area contributed by atoms with E-state index in [-0.39, 0.29) is 0 Å². The normalized spacial score (nSPS) is 17.8. The van der Waals surface area contributed by atoms with Gasteiger partial charge in [-0.2, -0.15) is 5.10 Å². The fourth-order valence-electron chi connectivity index (χ4n) is 2.58. The van der Waals surface area contributed by atoms with E-state index in [9.17, 15) is 0 Å². The third kappa shape index (κ3) is 2.57. The first kappa shape index (κ1) is 11.5. The lowest BCUT2D eigenvalue weighted by Crippen LogP contribution is -2.08. The Morgan fingerprint density at radius 1 is 1.38 bits per heavy atom. The van der Waals surface area contributed by atoms with Gasteiger partial charge in [-0.25, -0.2) is 0 Å². The van der Waals surface area contributed by atoms with Crippen LogP contribution in [-0.4, -0.2) is 9.78 Å². The van der Waals surface area contributed by atoms with Gasteiger partial charge < -0.3 is 5.73 Å².